The summed E-state index contributed by atoms with van der Waals surface area (Å²) in [4.78, 5) is 7.25. The van der Waals surface area contributed by atoms with E-state index in [-0.39, 0.29) is 5.95 Å². The van der Waals surface area contributed by atoms with Crippen LogP contribution in [0.5, 0.6) is 0 Å². The average Bonchev–Trinajstić information content (AvgIpc) is 1.90. The average molecular weight is 111 g/mol. The second kappa shape index (κ2) is 2.23. The van der Waals surface area contributed by atoms with Gasteiger partial charge in [0.05, 0.1) is 0 Å². The molecule has 0 aliphatic rings. The first-order valence-electron chi connectivity index (χ1n) is 2.10. The van der Waals surface area contributed by atoms with E-state index in [9.17, 15) is 0 Å². The Morgan fingerprint density at radius 3 is 2.38 bits per heavy atom. The third-order valence-electron chi connectivity index (χ3n) is 0.666. The normalized spacial score (nSPS) is 8.62. The molecule has 0 saturated carbocycles. The van der Waals surface area contributed by atoms with Crippen LogP contribution in [0.15, 0.2) is 18.5 Å². The van der Waals surface area contributed by atoms with Gasteiger partial charge in [0, 0.05) is 12.4 Å². The third kappa shape index (κ3) is 0.913. The molecule has 42 valence electrons. The molecular formula is C4H5N3O. The van der Waals surface area contributed by atoms with Gasteiger partial charge in [0.2, 0.25) is 5.95 Å². The molecule has 0 atom stereocenters. The molecule has 0 bridgehead atoms. The summed E-state index contributed by atoms with van der Waals surface area (Å²) < 4.78 is 0. The summed E-state index contributed by atoms with van der Waals surface area (Å²) in [6.07, 6.45) is 3.07. The summed E-state index contributed by atoms with van der Waals surface area (Å²) in [6.45, 7) is 0. The van der Waals surface area contributed by atoms with Crippen molar-refractivity contribution >= 4 is 5.95 Å². The van der Waals surface area contributed by atoms with Gasteiger partial charge in [-0.05, 0) is 6.07 Å². The number of nitrogens with zero attached hydrogens (tertiary/aromatic N) is 2. The zero-order chi connectivity index (χ0) is 5.82. The van der Waals surface area contributed by atoms with Crippen LogP contribution in [0.25, 0.3) is 0 Å². The molecular weight excluding hydrogens is 106 g/mol. The number of anilines is 1. The van der Waals surface area contributed by atoms with Gasteiger partial charge in [0.1, 0.15) is 0 Å². The SMILES string of the molecule is ONc1ncccn1. The molecule has 0 radical (unpaired) electrons. The monoisotopic (exact) mass is 111 g/mol. The standard InChI is InChI=1S/C4H5N3O/c8-7-4-5-2-1-3-6-4/h1-3,8H,(H,5,6,7). The van der Waals surface area contributed by atoms with Crippen molar-refractivity contribution in [1.82, 2.24) is 9.97 Å². The lowest BCUT2D eigenvalue weighted by Crippen LogP contribution is -1.93. The minimum atomic E-state index is 0.215. The molecule has 0 amide bonds. The number of aromatic nitrogens is 2. The zero-order valence-electron chi connectivity index (χ0n) is 4.07. The quantitative estimate of drug-likeness (QED) is 0.511. The van der Waals surface area contributed by atoms with Crippen LogP contribution in [0.4, 0.5) is 5.95 Å². The molecule has 0 aliphatic heterocycles. The smallest absolute Gasteiger partial charge is 0.246 e. The van der Waals surface area contributed by atoms with E-state index in [4.69, 9.17) is 5.21 Å². The zero-order valence-corrected chi connectivity index (χ0v) is 4.07. The van der Waals surface area contributed by atoms with Gasteiger partial charge in [0.25, 0.3) is 0 Å². The fourth-order valence-corrected chi connectivity index (χ4v) is 0.357. The van der Waals surface area contributed by atoms with Crippen molar-refractivity contribution in [2.75, 3.05) is 5.48 Å². The van der Waals surface area contributed by atoms with Crippen molar-refractivity contribution in [3.8, 4) is 0 Å². The van der Waals surface area contributed by atoms with Crippen molar-refractivity contribution < 1.29 is 5.21 Å². The predicted octanol–water partition coefficient (Wildman–Crippen LogP) is 0.278. The molecule has 1 aromatic heterocycles. The lowest BCUT2D eigenvalue weighted by Gasteiger charge is -1.90. The summed E-state index contributed by atoms with van der Waals surface area (Å²) in [5.74, 6) is 0.215. The maximum Gasteiger partial charge on any atom is 0.246 e. The maximum absolute atomic E-state index is 8.16. The first kappa shape index (κ1) is 4.99. The highest BCUT2D eigenvalue weighted by atomic mass is 16.5. The van der Waals surface area contributed by atoms with E-state index in [1.165, 1.54) is 12.4 Å². The van der Waals surface area contributed by atoms with Crippen molar-refractivity contribution in [2.45, 2.75) is 0 Å². The third-order valence-corrected chi connectivity index (χ3v) is 0.666. The Kier molecular flexibility index (Phi) is 1.39. The lowest BCUT2D eigenvalue weighted by atomic mass is 10.7. The van der Waals surface area contributed by atoms with Gasteiger partial charge < -0.3 is 0 Å². The molecule has 0 spiro atoms. The van der Waals surface area contributed by atoms with E-state index >= 15 is 0 Å². The van der Waals surface area contributed by atoms with Gasteiger partial charge in [-0.15, -0.1) is 0 Å². The topological polar surface area (TPSA) is 58.0 Å². The summed E-state index contributed by atoms with van der Waals surface area (Å²) in [5, 5.41) is 8.16. The molecule has 0 fully saturated rings. The van der Waals surface area contributed by atoms with Crippen molar-refractivity contribution in [3.05, 3.63) is 18.5 Å². The fraction of sp³-hybridized carbons (Fsp3) is 0. The molecule has 0 aliphatic carbocycles. The minimum absolute atomic E-state index is 0.215. The van der Waals surface area contributed by atoms with Crippen LogP contribution in [-0.4, -0.2) is 15.2 Å². The van der Waals surface area contributed by atoms with Crippen molar-refractivity contribution in [2.24, 2.45) is 0 Å². The molecule has 4 nitrogen and oxygen atoms in total. The fourth-order valence-electron chi connectivity index (χ4n) is 0.357. The Bertz CT molecular complexity index is 153. The Balaban J connectivity index is 2.83. The molecule has 0 aromatic carbocycles. The predicted molar refractivity (Wildman–Crippen MR) is 27.4 cm³/mol. The number of nitrogens with one attached hydrogen (secondary N) is 1. The highest BCUT2D eigenvalue weighted by Crippen LogP contribution is 1.88. The summed E-state index contributed by atoms with van der Waals surface area (Å²) in [5.41, 5.74) is 1.80. The highest BCUT2D eigenvalue weighted by molar-refractivity contribution is 5.16. The Morgan fingerprint density at radius 1 is 1.38 bits per heavy atom. The van der Waals surface area contributed by atoms with Crippen LogP contribution < -0.4 is 5.48 Å². The van der Waals surface area contributed by atoms with Crippen LogP contribution in [0.2, 0.25) is 0 Å². The van der Waals surface area contributed by atoms with E-state index in [1.807, 2.05) is 0 Å². The number of hydrogen-bond acceptors (Lipinski definition) is 4. The van der Waals surface area contributed by atoms with Crippen LogP contribution in [0.1, 0.15) is 0 Å². The van der Waals surface area contributed by atoms with Crippen LogP contribution in [0, 0.1) is 0 Å². The Hall–Kier alpha value is -1.16. The molecule has 0 saturated heterocycles. The van der Waals surface area contributed by atoms with E-state index < -0.39 is 0 Å². The van der Waals surface area contributed by atoms with E-state index in [2.05, 4.69) is 9.97 Å². The van der Waals surface area contributed by atoms with Crippen molar-refractivity contribution in [1.29, 1.82) is 0 Å². The van der Waals surface area contributed by atoms with Gasteiger partial charge in [-0.2, -0.15) is 0 Å². The first-order chi connectivity index (χ1) is 3.93. The van der Waals surface area contributed by atoms with Crippen LogP contribution >= 0.6 is 0 Å². The van der Waals surface area contributed by atoms with Crippen LogP contribution in [-0.2, 0) is 0 Å². The Morgan fingerprint density at radius 2 is 2.00 bits per heavy atom. The molecule has 2 N–H and O–H groups in total. The van der Waals surface area contributed by atoms with Gasteiger partial charge in [-0.3, -0.25) is 5.21 Å². The summed E-state index contributed by atoms with van der Waals surface area (Å²) in [6, 6.07) is 1.67. The summed E-state index contributed by atoms with van der Waals surface area (Å²) in [7, 11) is 0. The molecule has 1 heterocycles. The van der Waals surface area contributed by atoms with Crippen molar-refractivity contribution in [3.63, 3.8) is 0 Å². The molecule has 1 rings (SSSR count). The highest BCUT2D eigenvalue weighted by Gasteiger charge is 1.82. The molecule has 0 unspecified atom stereocenters. The van der Waals surface area contributed by atoms with E-state index in [0.29, 0.717) is 0 Å². The van der Waals surface area contributed by atoms with Gasteiger partial charge in [-0.25, -0.2) is 15.4 Å². The van der Waals surface area contributed by atoms with Gasteiger partial charge >= 0.3 is 0 Å². The molecule has 1 aromatic rings. The molecule has 4 heteroatoms. The maximum atomic E-state index is 8.16. The van der Waals surface area contributed by atoms with E-state index in [0.717, 1.165) is 0 Å². The number of rotatable bonds is 1. The van der Waals surface area contributed by atoms with Gasteiger partial charge in [-0.1, -0.05) is 0 Å². The van der Waals surface area contributed by atoms with Gasteiger partial charge in [0.15, 0.2) is 0 Å². The first-order valence-corrected chi connectivity index (χ1v) is 2.10. The molecule has 8 heavy (non-hydrogen) atoms. The minimum Gasteiger partial charge on any atom is -0.288 e. The lowest BCUT2D eigenvalue weighted by molar-refractivity contribution is 0.382. The second-order valence-corrected chi connectivity index (χ2v) is 1.18. The van der Waals surface area contributed by atoms with E-state index in [1.54, 1.807) is 11.5 Å². The Labute approximate surface area is 46.2 Å². The number of hydrogen-bond donors (Lipinski definition) is 2. The largest absolute Gasteiger partial charge is 0.288 e. The van der Waals surface area contributed by atoms with Crippen LogP contribution in [0.3, 0.4) is 0 Å². The second-order valence-electron chi connectivity index (χ2n) is 1.18. The summed E-state index contributed by atoms with van der Waals surface area (Å²) >= 11 is 0.